The Hall–Kier alpha value is -4.85. The molecule has 2 aromatic carbocycles. The lowest BCUT2D eigenvalue weighted by Crippen LogP contribution is -2.30. The zero-order valence-corrected chi connectivity index (χ0v) is 30.1. The summed E-state index contributed by atoms with van der Waals surface area (Å²) in [5, 5.41) is 18.4. The van der Waals surface area contributed by atoms with E-state index < -0.39 is 21.4 Å². The van der Waals surface area contributed by atoms with E-state index in [-0.39, 0.29) is 52.1 Å². The van der Waals surface area contributed by atoms with E-state index in [9.17, 15) is 27.6 Å². The van der Waals surface area contributed by atoms with Gasteiger partial charge >= 0.3 is 5.97 Å². The number of hydrogen-bond donors (Lipinski definition) is 3. The number of aliphatic carboxylic acids is 1. The highest BCUT2D eigenvalue weighted by Crippen LogP contribution is 2.27. The molecule has 1 aromatic heterocycles. The van der Waals surface area contributed by atoms with Gasteiger partial charge in [0.05, 0.1) is 24.5 Å². The molecule has 0 bridgehead atoms. The summed E-state index contributed by atoms with van der Waals surface area (Å²) in [6.07, 6.45) is 1.41. The third-order valence-corrected chi connectivity index (χ3v) is 9.66. The molecule has 1 fully saturated rings. The minimum atomic E-state index is -3.82. The number of aromatic nitrogens is 2. The maximum absolute atomic E-state index is 12.4. The van der Waals surface area contributed by atoms with E-state index in [1.165, 1.54) is 48.4 Å². The topological polar surface area (TPSA) is 185 Å². The summed E-state index contributed by atoms with van der Waals surface area (Å²) >= 11 is 0. The van der Waals surface area contributed by atoms with Crippen molar-refractivity contribution in [3.63, 3.8) is 0 Å². The van der Waals surface area contributed by atoms with Crippen molar-refractivity contribution >= 4 is 45.2 Å². The van der Waals surface area contributed by atoms with E-state index in [1.54, 1.807) is 6.92 Å². The number of nitrogens with one attached hydrogen (secondary N) is 2. The predicted molar refractivity (Wildman–Crippen MR) is 186 cm³/mol. The van der Waals surface area contributed by atoms with Crippen LogP contribution < -0.4 is 14.8 Å². The van der Waals surface area contributed by atoms with Crippen molar-refractivity contribution in [2.24, 2.45) is 23.2 Å². The number of nitrogens with zero attached hydrogens (tertiary/aromatic N) is 3. The Morgan fingerprint density at radius 3 is 1.94 bits per heavy atom. The molecule has 14 heteroatoms. The second-order valence-electron chi connectivity index (χ2n) is 12.3. The van der Waals surface area contributed by atoms with E-state index in [0.29, 0.717) is 18.7 Å². The molecular formula is C35H47N5O8S. The lowest BCUT2D eigenvalue weighted by atomic mass is 9.89. The van der Waals surface area contributed by atoms with Crippen LogP contribution in [0.25, 0.3) is 0 Å². The SMILES string of the molecule is CCC(C)(C)C(=O)Nc1ccc(S(=O)(=O)Nc2ccc(OC)nn2)cc1.CC[C@H](C)C(=O)O.C[C@@H]1C(=O)N(Cc2ccccc2)C(=O)[C@@H]1C. The maximum atomic E-state index is 12.4. The van der Waals surface area contributed by atoms with E-state index in [1.807, 2.05) is 71.9 Å². The van der Waals surface area contributed by atoms with Crippen LogP contribution in [0.2, 0.25) is 0 Å². The number of ether oxygens (including phenoxy) is 1. The van der Waals surface area contributed by atoms with Crippen LogP contribution in [0.1, 0.15) is 66.9 Å². The van der Waals surface area contributed by atoms with Crippen LogP contribution in [0.4, 0.5) is 11.5 Å². The van der Waals surface area contributed by atoms with Crippen LogP contribution >= 0.6 is 0 Å². The first-order chi connectivity index (χ1) is 23.0. The minimum Gasteiger partial charge on any atom is -0.481 e. The molecule has 3 amide bonds. The van der Waals surface area contributed by atoms with Crippen molar-refractivity contribution in [3.05, 3.63) is 72.3 Å². The van der Waals surface area contributed by atoms with Gasteiger partial charge in [0.2, 0.25) is 23.6 Å². The number of carbonyl (C=O) groups is 4. The molecule has 49 heavy (non-hydrogen) atoms. The Morgan fingerprint density at radius 2 is 1.51 bits per heavy atom. The van der Waals surface area contributed by atoms with Crippen molar-refractivity contribution in [2.45, 2.75) is 72.7 Å². The second-order valence-corrected chi connectivity index (χ2v) is 13.9. The van der Waals surface area contributed by atoms with Gasteiger partial charge in [0.15, 0.2) is 5.82 Å². The lowest BCUT2D eigenvalue weighted by Gasteiger charge is -2.21. The highest BCUT2D eigenvalue weighted by Gasteiger charge is 2.41. The summed E-state index contributed by atoms with van der Waals surface area (Å²) in [4.78, 5) is 47.2. The smallest absolute Gasteiger partial charge is 0.306 e. The Labute approximate surface area is 288 Å². The fraction of sp³-hybridized carbons (Fsp3) is 0.429. The Kier molecular flexibility index (Phi) is 14.9. The standard InChI is InChI=1S/C17H22N4O4S.C13H15NO2.C5H10O2/c1-5-17(2,3)16(22)18-12-6-8-13(9-7-12)26(23,24)21-14-10-11-15(25-4)20-19-14;1-9-10(2)13(16)14(12(9)15)8-11-6-4-3-5-7-11;1-3-4(2)5(6)7/h6-11H,5H2,1-4H3,(H,18,22)(H,19,21);3-7,9-10H,8H2,1-2H3;4H,3H2,1-2H3,(H,6,7)/t;9-,10+;4-/m..0/s1. The number of likely N-dealkylation sites (tertiary alicyclic amines) is 1. The van der Waals surface area contributed by atoms with Crippen LogP contribution in [0.5, 0.6) is 5.88 Å². The molecule has 13 nitrogen and oxygen atoms in total. The molecule has 1 aliphatic heterocycles. The van der Waals surface area contributed by atoms with Crippen molar-refractivity contribution in [1.29, 1.82) is 0 Å². The van der Waals surface area contributed by atoms with Gasteiger partial charge in [0.25, 0.3) is 10.0 Å². The van der Waals surface area contributed by atoms with Crippen molar-refractivity contribution in [1.82, 2.24) is 15.1 Å². The van der Waals surface area contributed by atoms with Crippen molar-refractivity contribution in [2.75, 3.05) is 17.1 Å². The van der Waals surface area contributed by atoms with Crippen LogP contribution in [0.15, 0.2) is 71.6 Å². The number of carboxylic acids is 1. The zero-order valence-electron chi connectivity index (χ0n) is 29.3. The Balaban J connectivity index is 0.000000305. The van der Waals surface area contributed by atoms with Crippen LogP contribution in [0, 0.1) is 23.2 Å². The van der Waals surface area contributed by atoms with Gasteiger partial charge in [-0.25, -0.2) is 8.42 Å². The number of sulfonamides is 1. The first-order valence-corrected chi connectivity index (χ1v) is 17.4. The number of amides is 3. The number of methoxy groups -OCH3 is 1. The first-order valence-electron chi connectivity index (χ1n) is 15.9. The summed E-state index contributed by atoms with van der Waals surface area (Å²) < 4.78 is 32.0. The fourth-order valence-electron chi connectivity index (χ4n) is 3.98. The first kappa shape index (κ1) is 40.3. The zero-order chi connectivity index (χ0) is 36.9. The number of imide groups is 1. The van der Waals surface area contributed by atoms with Gasteiger partial charge in [0.1, 0.15) is 0 Å². The summed E-state index contributed by atoms with van der Waals surface area (Å²) in [5.41, 5.74) is 1.02. The number of carboxylic acid groups (broad SMARTS) is 1. The number of carbonyl (C=O) groups excluding carboxylic acids is 3. The van der Waals surface area contributed by atoms with Gasteiger partial charge in [-0.15, -0.1) is 10.2 Å². The predicted octanol–water partition coefficient (Wildman–Crippen LogP) is 5.61. The number of rotatable bonds is 11. The van der Waals surface area contributed by atoms with E-state index in [0.717, 1.165) is 12.0 Å². The van der Waals surface area contributed by atoms with E-state index in [4.69, 9.17) is 9.84 Å². The molecule has 2 heterocycles. The quantitative estimate of drug-likeness (QED) is 0.213. The van der Waals surface area contributed by atoms with Gasteiger partial charge in [-0.3, -0.25) is 28.8 Å². The van der Waals surface area contributed by atoms with Gasteiger partial charge in [-0.1, -0.05) is 78.8 Å². The molecule has 1 saturated heterocycles. The lowest BCUT2D eigenvalue weighted by molar-refractivity contribution is -0.142. The highest BCUT2D eigenvalue weighted by molar-refractivity contribution is 7.92. The molecule has 3 aromatic rings. The second kappa shape index (κ2) is 18.1. The average Bonchev–Trinajstić information content (AvgIpc) is 3.27. The fourth-order valence-corrected chi connectivity index (χ4v) is 4.98. The molecule has 0 aliphatic carbocycles. The monoisotopic (exact) mass is 697 g/mol. The van der Waals surface area contributed by atoms with Crippen LogP contribution in [0.3, 0.4) is 0 Å². The van der Waals surface area contributed by atoms with Gasteiger partial charge < -0.3 is 15.2 Å². The van der Waals surface area contributed by atoms with Crippen molar-refractivity contribution in [3.8, 4) is 5.88 Å². The summed E-state index contributed by atoms with van der Waals surface area (Å²) in [6, 6.07) is 18.4. The highest BCUT2D eigenvalue weighted by atomic mass is 32.2. The normalized spacial score (nSPS) is 16.4. The molecule has 266 valence electrons. The molecule has 3 N–H and O–H groups in total. The van der Waals surface area contributed by atoms with Crippen LogP contribution in [-0.2, 0) is 35.7 Å². The summed E-state index contributed by atoms with van der Waals surface area (Å²) in [7, 11) is -2.38. The van der Waals surface area contributed by atoms with Crippen molar-refractivity contribution < 1.29 is 37.4 Å². The molecule has 4 rings (SSSR count). The molecule has 1 aliphatic rings. The molecule has 0 spiro atoms. The molecular weight excluding hydrogens is 650 g/mol. The third-order valence-electron chi connectivity index (χ3n) is 8.29. The molecule has 0 radical (unpaired) electrons. The van der Waals surface area contributed by atoms with Gasteiger partial charge in [-0.2, -0.15) is 0 Å². The molecule has 0 saturated carbocycles. The largest absolute Gasteiger partial charge is 0.481 e. The Bertz CT molecular complexity index is 1640. The number of anilines is 2. The average molecular weight is 698 g/mol. The summed E-state index contributed by atoms with van der Waals surface area (Å²) in [6.45, 7) is 13.2. The van der Waals surface area contributed by atoms with E-state index >= 15 is 0 Å². The van der Waals surface area contributed by atoms with E-state index in [2.05, 4.69) is 20.2 Å². The molecule has 0 unspecified atom stereocenters. The van der Waals surface area contributed by atoms with Gasteiger partial charge in [0, 0.05) is 29.0 Å². The minimum absolute atomic E-state index is 0.0443. The van der Waals surface area contributed by atoms with Crippen LogP contribution in [-0.4, -0.2) is 59.4 Å². The molecule has 3 atom stereocenters. The number of benzene rings is 2. The Morgan fingerprint density at radius 1 is 0.939 bits per heavy atom. The third kappa shape index (κ3) is 11.7. The van der Waals surface area contributed by atoms with Gasteiger partial charge in [-0.05, 0) is 48.7 Å². The maximum Gasteiger partial charge on any atom is 0.306 e. The number of hydrogen-bond acceptors (Lipinski definition) is 9. The summed E-state index contributed by atoms with van der Waals surface area (Å²) in [5.74, 6) is -1.13.